The Morgan fingerprint density at radius 3 is 2.95 bits per heavy atom. The maximum atomic E-state index is 9.86. The fraction of sp³-hybridized carbons (Fsp3) is 0.500. The lowest BCUT2D eigenvalue weighted by atomic mass is 10.1. The standard InChI is InChI=1S/C10H13N3O6/c14-4-6-7(15)8(16)10(18-6)13-3-5-1-2-17-11-9(5)12-19-13/h1-3,6-8,10,14-16H,4H2,(H,11,12)/t6-,7-,8-,10-/m1/s1. The predicted octanol–water partition coefficient (Wildman–Crippen LogP) is -0.762. The molecule has 0 aromatic rings. The smallest absolute Gasteiger partial charge is 0.211 e. The Kier molecular flexibility index (Phi) is 3.03. The van der Waals surface area contributed by atoms with Crippen molar-refractivity contribution in [3.63, 3.8) is 0 Å². The molecule has 9 nitrogen and oxygen atoms in total. The monoisotopic (exact) mass is 271 g/mol. The molecule has 19 heavy (non-hydrogen) atoms. The molecular weight excluding hydrogens is 258 g/mol. The van der Waals surface area contributed by atoms with E-state index >= 15 is 0 Å². The Morgan fingerprint density at radius 1 is 1.37 bits per heavy atom. The van der Waals surface area contributed by atoms with Crippen molar-refractivity contribution in [2.45, 2.75) is 24.5 Å². The molecule has 0 unspecified atom stereocenters. The summed E-state index contributed by atoms with van der Waals surface area (Å²) >= 11 is 0. The fourth-order valence-corrected chi connectivity index (χ4v) is 1.97. The number of hydrogen-bond donors (Lipinski definition) is 4. The van der Waals surface area contributed by atoms with Gasteiger partial charge in [0.1, 0.15) is 24.6 Å². The number of fused-ring (bicyclic) bond motifs is 1. The molecule has 104 valence electrons. The number of hydrogen-bond acceptors (Lipinski definition) is 7. The number of aromatic amines is 1. The van der Waals surface area contributed by atoms with Gasteiger partial charge in [-0.2, -0.15) is 4.74 Å². The van der Waals surface area contributed by atoms with E-state index in [9.17, 15) is 10.2 Å². The van der Waals surface area contributed by atoms with Gasteiger partial charge < -0.3 is 24.6 Å². The molecular formula is C10H13N3O6. The van der Waals surface area contributed by atoms with E-state index in [0.29, 0.717) is 11.4 Å². The summed E-state index contributed by atoms with van der Waals surface area (Å²) in [4.78, 5) is 0. The van der Waals surface area contributed by atoms with Gasteiger partial charge in [0, 0.05) is 5.56 Å². The molecule has 0 aromatic heterocycles. The number of ether oxygens (including phenoxy) is 1. The van der Waals surface area contributed by atoms with Crippen LogP contribution in [0.25, 0.3) is 11.4 Å². The second kappa shape index (κ2) is 4.70. The van der Waals surface area contributed by atoms with E-state index in [0.717, 1.165) is 0 Å². The highest BCUT2D eigenvalue weighted by molar-refractivity contribution is 5.50. The maximum absolute atomic E-state index is 9.86. The van der Waals surface area contributed by atoms with Crippen LogP contribution in [0.5, 0.6) is 0 Å². The van der Waals surface area contributed by atoms with E-state index in [1.54, 1.807) is 6.07 Å². The molecule has 0 aromatic carbocycles. The highest BCUT2D eigenvalue weighted by Gasteiger charge is 2.44. The lowest BCUT2D eigenvalue weighted by Gasteiger charge is -2.16. The minimum Gasteiger partial charge on any atom is -0.394 e. The van der Waals surface area contributed by atoms with Crippen molar-refractivity contribution in [2.75, 3.05) is 6.61 Å². The van der Waals surface area contributed by atoms with E-state index in [-0.39, 0.29) is 0 Å². The molecule has 4 N–H and O–H groups in total. The number of nitrogens with zero attached hydrogens (tertiary/aromatic N) is 2. The first-order valence-electron chi connectivity index (χ1n) is 5.67. The lowest BCUT2D eigenvalue weighted by Crippen LogP contribution is -2.33. The summed E-state index contributed by atoms with van der Waals surface area (Å²) in [7, 11) is 0. The summed E-state index contributed by atoms with van der Waals surface area (Å²) in [6.45, 7) is -0.400. The summed E-state index contributed by atoms with van der Waals surface area (Å²) in [6.07, 6.45) is -1.27. The summed E-state index contributed by atoms with van der Waals surface area (Å²) in [6, 6.07) is 1.64. The van der Waals surface area contributed by atoms with Gasteiger partial charge in [0.05, 0.1) is 12.8 Å². The summed E-state index contributed by atoms with van der Waals surface area (Å²) in [5.41, 5.74) is 0.662. The maximum Gasteiger partial charge on any atom is 0.211 e. The first-order valence-corrected chi connectivity index (χ1v) is 5.67. The Morgan fingerprint density at radius 2 is 2.21 bits per heavy atom. The fourth-order valence-electron chi connectivity index (χ4n) is 1.97. The Bertz CT molecular complexity index is 555. The van der Waals surface area contributed by atoms with Gasteiger partial charge in [-0.1, -0.05) is 0 Å². The summed E-state index contributed by atoms with van der Waals surface area (Å²) in [5.74, 6) is 0.380. The number of rotatable bonds is 2. The number of aromatic nitrogens is 3. The number of nitrogens with one attached hydrogen (secondary N) is 1. The molecule has 0 bridgehead atoms. The average Bonchev–Trinajstić information content (AvgIpc) is 2.74. The molecule has 3 aliphatic heterocycles. The van der Waals surface area contributed by atoms with Gasteiger partial charge in [-0.3, -0.25) is 4.63 Å². The normalized spacial score (nSPS) is 30.9. The van der Waals surface area contributed by atoms with E-state index in [2.05, 4.69) is 10.3 Å². The Hall–Kier alpha value is -1.81. The van der Waals surface area contributed by atoms with Crippen LogP contribution in [0, 0.1) is 0 Å². The van der Waals surface area contributed by atoms with Crippen molar-refractivity contribution in [1.29, 1.82) is 0 Å². The third kappa shape index (κ3) is 2.02. The zero-order valence-corrected chi connectivity index (χ0v) is 9.71. The minimum absolute atomic E-state index is 0.380. The molecule has 0 amide bonds. The highest BCUT2D eigenvalue weighted by Crippen LogP contribution is 2.30. The molecule has 0 spiro atoms. The van der Waals surface area contributed by atoms with Crippen LogP contribution in [0.15, 0.2) is 27.7 Å². The van der Waals surface area contributed by atoms with Gasteiger partial charge in [0.15, 0.2) is 6.23 Å². The van der Waals surface area contributed by atoms with Crippen molar-refractivity contribution in [1.82, 2.24) is 15.1 Å². The van der Waals surface area contributed by atoms with Crippen LogP contribution in [0.2, 0.25) is 0 Å². The molecule has 3 heterocycles. The van der Waals surface area contributed by atoms with Crippen molar-refractivity contribution in [3.8, 4) is 11.4 Å². The van der Waals surface area contributed by atoms with Crippen LogP contribution in [-0.2, 0) is 4.74 Å². The van der Waals surface area contributed by atoms with Gasteiger partial charge in [0.2, 0.25) is 5.82 Å². The molecule has 0 aliphatic carbocycles. The topological polar surface area (TPSA) is 130 Å². The molecule has 9 heteroatoms. The van der Waals surface area contributed by atoms with E-state index in [1.165, 1.54) is 17.2 Å². The van der Waals surface area contributed by atoms with Crippen LogP contribution < -0.4 is 0 Å². The molecule has 0 radical (unpaired) electrons. The average molecular weight is 271 g/mol. The molecule has 3 aliphatic rings. The minimum atomic E-state index is -1.22. The molecule has 1 saturated heterocycles. The van der Waals surface area contributed by atoms with Crippen LogP contribution in [-0.4, -0.2) is 55.3 Å². The summed E-state index contributed by atoms with van der Waals surface area (Å²) in [5, 5.41) is 34.8. The zero-order chi connectivity index (χ0) is 13.4. The highest BCUT2D eigenvalue weighted by atomic mass is 16.6. The first kappa shape index (κ1) is 12.2. The zero-order valence-electron chi connectivity index (χ0n) is 9.71. The number of aliphatic hydroxyl groups is 3. The van der Waals surface area contributed by atoms with Crippen LogP contribution in [0.4, 0.5) is 0 Å². The third-order valence-electron chi connectivity index (χ3n) is 3.01. The first-order chi connectivity index (χ1) is 9.20. The molecule has 3 rings (SSSR count). The van der Waals surface area contributed by atoms with Gasteiger partial charge in [0.25, 0.3) is 0 Å². The van der Waals surface area contributed by atoms with Crippen molar-refractivity contribution in [2.24, 2.45) is 0 Å². The van der Waals surface area contributed by atoms with Crippen molar-refractivity contribution in [3.05, 3.63) is 18.5 Å². The predicted molar refractivity (Wildman–Crippen MR) is 58.4 cm³/mol. The number of aliphatic hydroxyl groups excluding tert-OH is 3. The van der Waals surface area contributed by atoms with Crippen LogP contribution >= 0.6 is 0 Å². The van der Waals surface area contributed by atoms with Gasteiger partial charge in [-0.25, -0.2) is 5.16 Å². The van der Waals surface area contributed by atoms with Crippen LogP contribution in [0.3, 0.4) is 0 Å². The SMILES string of the molecule is OC[C@H]1O[C@@H](n2cc3cco[nH]c-3no2)[C@H](O)[C@@H]1O. The third-order valence-corrected chi connectivity index (χ3v) is 3.01. The van der Waals surface area contributed by atoms with Gasteiger partial charge in [-0.15, -0.1) is 0 Å². The number of H-pyrrole nitrogens is 1. The second-order valence-electron chi connectivity index (χ2n) is 4.22. The molecule has 4 atom stereocenters. The molecule has 1 fully saturated rings. The summed E-state index contributed by atoms with van der Waals surface area (Å²) < 4.78 is 16.3. The lowest BCUT2D eigenvalue weighted by molar-refractivity contribution is -0.0984. The molecule has 0 saturated carbocycles. The van der Waals surface area contributed by atoms with E-state index in [1.807, 2.05) is 0 Å². The largest absolute Gasteiger partial charge is 0.394 e. The Balaban J connectivity index is 1.95. The van der Waals surface area contributed by atoms with Gasteiger partial charge in [-0.05, 0) is 11.2 Å². The van der Waals surface area contributed by atoms with Gasteiger partial charge >= 0.3 is 0 Å². The van der Waals surface area contributed by atoms with Crippen molar-refractivity contribution >= 4 is 0 Å². The second-order valence-corrected chi connectivity index (χ2v) is 4.22. The quantitative estimate of drug-likeness (QED) is 0.564. The van der Waals surface area contributed by atoms with E-state index < -0.39 is 31.1 Å². The van der Waals surface area contributed by atoms with E-state index in [4.69, 9.17) is 19.0 Å². The van der Waals surface area contributed by atoms with Crippen molar-refractivity contribution < 1.29 is 29.2 Å². The Labute approximate surface area is 106 Å². The van der Waals surface area contributed by atoms with Crippen LogP contribution in [0.1, 0.15) is 6.23 Å².